The van der Waals surface area contributed by atoms with Gasteiger partial charge >= 0.3 is 5.97 Å². The molecule has 0 amide bonds. The molecule has 0 atom stereocenters. The minimum atomic E-state index is -0.655. The van der Waals surface area contributed by atoms with Crippen molar-refractivity contribution < 1.29 is 23.9 Å². The number of benzene rings is 1. The van der Waals surface area contributed by atoms with E-state index < -0.39 is 5.97 Å². The smallest absolute Gasteiger partial charge is 0.360 e. The zero-order valence-corrected chi connectivity index (χ0v) is 18.6. The molecule has 9 heteroatoms. The van der Waals surface area contributed by atoms with Crippen LogP contribution in [-0.4, -0.2) is 48.7 Å². The van der Waals surface area contributed by atoms with E-state index in [-0.39, 0.29) is 5.71 Å². The summed E-state index contributed by atoms with van der Waals surface area (Å²) < 4.78 is 10.8. The number of nitrogens with zero attached hydrogens (tertiary/aromatic N) is 4. The number of carbonyl (C=O) groups excluding carboxylic acids is 1. The number of hydrogen-bond donors (Lipinski definition) is 0. The van der Waals surface area contributed by atoms with E-state index in [0.717, 1.165) is 11.3 Å². The van der Waals surface area contributed by atoms with Crippen LogP contribution in [0.25, 0.3) is 0 Å². The van der Waals surface area contributed by atoms with Gasteiger partial charge in [0.25, 0.3) is 0 Å². The monoisotopic (exact) mass is 416 g/mol. The van der Waals surface area contributed by atoms with Gasteiger partial charge in [0.1, 0.15) is 25.7 Å². The van der Waals surface area contributed by atoms with Gasteiger partial charge in [-0.1, -0.05) is 36.3 Å². The Morgan fingerprint density at radius 2 is 1.60 bits per heavy atom. The van der Waals surface area contributed by atoms with Crippen molar-refractivity contribution >= 4 is 17.4 Å². The predicted octanol–water partition coefficient (Wildman–Crippen LogP) is 3.81. The molecule has 0 aliphatic carbocycles. The SMILES string of the molecule is CC.CO/N=C(/C)c1nc(C)c(C)c(Oc2ccccc2/C(=N\OC)C(=O)OC)n1. The van der Waals surface area contributed by atoms with E-state index in [0.29, 0.717) is 28.7 Å². The lowest BCUT2D eigenvalue weighted by atomic mass is 10.1. The van der Waals surface area contributed by atoms with E-state index in [9.17, 15) is 4.79 Å². The number of carbonyl (C=O) groups is 1. The Hall–Kier alpha value is -3.49. The number of aryl methyl sites for hydroxylation is 1. The largest absolute Gasteiger partial charge is 0.464 e. The van der Waals surface area contributed by atoms with Crippen molar-refractivity contribution in [3.8, 4) is 11.6 Å². The molecule has 1 heterocycles. The molecule has 1 aromatic heterocycles. The van der Waals surface area contributed by atoms with E-state index in [2.05, 4.69) is 20.3 Å². The molecule has 0 spiro atoms. The molecule has 9 nitrogen and oxygen atoms in total. The minimum absolute atomic E-state index is 0.0265. The van der Waals surface area contributed by atoms with Crippen molar-refractivity contribution in [1.82, 2.24) is 9.97 Å². The molecule has 0 fully saturated rings. The Morgan fingerprint density at radius 1 is 0.967 bits per heavy atom. The lowest BCUT2D eigenvalue weighted by Gasteiger charge is -2.14. The first-order valence-corrected chi connectivity index (χ1v) is 9.33. The van der Waals surface area contributed by atoms with E-state index in [4.69, 9.17) is 19.1 Å². The summed E-state index contributed by atoms with van der Waals surface area (Å²) in [6.07, 6.45) is 0. The topological polar surface area (TPSA) is 104 Å². The number of ether oxygens (including phenoxy) is 2. The first-order chi connectivity index (χ1) is 14.4. The van der Waals surface area contributed by atoms with Crippen LogP contribution in [0.2, 0.25) is 0 Å². The van der Waals surface area contributed by atoms with Crippen LogP contribution in [0, 0.1) is 13.8 Å². The Bertz CT molecular complexity index is 926. The average Bonchev–Trinajstić information content (AvgIpc) is 2.76. The fraction of sp³-hybridized carbons (Fsp3) is 0.381. The van der Waals surface area contributed by atoms with Crippen molar-refractivity contribution in [2.45, 2.75) is 34.6 Å². The summed E-state index contributed by atoms with van der Waals surface area (Å²) in [4.78, 5) is 30.5. The van der Waals surface area contributed by atoms with Gasteiger partial charge < -0.3 is 19.1 Å². The van der Waals surface area contributed by atoms with E-state index in [1.165, 1.54) is 21.3 Å². The van der Waals surface area contributed by atoms with Crippen LogP contribution < -0.4 is 4.74 Å². The third kappa shape index (κ3) is 6.00. The second-order valence-electron chi connectivity index (χ2n) is 5.63. The van der Waals surface area contributed by atoms with Crippen LogP contribution in [0.3, 0.4) is 0 Å². The maximum Gasteiger partial charge on any atom is 0.360 e. The van der Waals surface area contributed by atoms with Crippen molar-refractivity contribution in [2.75, 3.05) is 21.3 Å². The highest BCUT2D eigenvalue weighted by Crippen LogP contribution is 2.28. The standard InChI is InChI=1S/C19H22N4O5.C2H6/c1-11-12(2)20-17(13(3)22-26-5)21-18(11)28-15-10-8-7-9-14(15)16(23-27-6)19(24)25-4;1-2/h7-10H,1-6H3;1-2H3/b22-13-,23-16+;. The highest BCUT2D eigenvalue weighted by Gasteiger charge is 2.21. The van der Waals surface area contributed by atoms with Crippen LogP contribution in [0.15, 0.2) is 34.6 Å². The zero-order chi connectivity index (χ0) is 22.7. The van der Waals surface area contributed by atoms with Crippen molar-refractivity contribution in [1.29, 1.82) is 0 Å². The molecular formula is C21H28N4O5. The average molecular weight is 416 g/mol. The summed E-state index contributed by atoms with van der Waals surface area (Å²) >= 11 is 0. The molecule has 1 aromatic carbocycles. The molecule has 0 saturated heterocycles. The number of hydrogen-bond acceptors (Lipinski definition) is 9. The second-order valence-corrected chi connectivity index (χ2v) is 5.63. The fourth-order valence-electron chi connectivity index (χ4n) is 2.28. The lowest BCUT2D eigenvalue weighted by molar-refractivity contribution is -0.132. The first-order valence-electron chi connectivity index (χ1n) is 9.33. The van der Waals surface area contributed by atoms with Gasteiger partial charge in [0.05, 0.1) is 12.7 Å². The molecule has 0 radical (unpaired) electrons. The summed E-state index contributed by atoms with van der Waals surface area (Å²) in [5, 5.41) is 7.63. The molecule has 0 aliphatic rings. The summed E-state index contributed by atoms with van der Waals surface area (Å²) in [5.41, 5.74) is 2.34. The third-order valence-electron chi connectivity index (χ3n) is 3.81. The van der Waals surface area contributed by atoms with E-state index in [1.54, 1.807) is 31.2 Å². The van der Waals surface area contributed by atoms with Crippen molar-refractivity contribution in [3.05, 3.63) is 46.9 Å². The fourth-order valence-corrected chi connectivity index (χ4v) is 2.28. The number of rotatable bonds is 7. The molecule has 0 unspecified atom stereocenters. The number of oxime groups is 2. The van der Waals surface area contributed by atoms with Crippen molar-refractivity contribution in [2.24, 2.45) is 10.3 Å². The number of aromatic nitrogens is 2. The van der Waals surface area contributed by atoms with Crippen LogP contribution in [-0.2, 0) is 19.2 Å². The maximum absolute atomic E-state index is 12.1. The number of para-hydroxylation sites is 1. The van der Waals surface area contributed by atoms with Gasteiger partial charge in [-0.2, -0.15) is 4.98 Å². The Morgan fingerprint density at radius 3 is 2.20 bits per heavy atom. The molecule has 0 aliphatic heterocycles. The van der Waals surface area contributed by atoms with Gasteiger partial charge in [-0.15, -0.1) is 0 Å². The highest BCUT2D eigenvalue weighted by molar-refractivity contribution is 6.43. The van der Waals surface area contributed by atoms with E-state index in [1.807, 2.05) is 27.7 Å². The van der Waals surface area contributed by atoms with Gasteiger partial charge in [0.15, 0.2) is 11.5 Å². The Balaban J connectivity index is 0.00000218. The quantitative estimate of drug-likeness (QED) is 0.384. The normalized spacial score (nSPS) is 11.2. The Labute approximate surface area is 176 Å². The van der Waals surface area contributed by atoms with Gasteiger partial charge in [-0.05, 0) is 32.9 Å². The van der Waals surface area contributed by atoms with Crippen molar-refractivity contribution in [3.63, 3.8) is 0 Å². The van der Waals surface area contributed by atoms with Gasteiger partial charge in [-0.3, -0.25) is 0 Å². The summed E-state index contributed by atoms with van der Waals surface area (Å²) in [6, 6.07) is 6.87. The van der Waals surface area contributed by atoms with Crippen LogP contribution in [0.5, 0.6) is 11.6 Å². The Kier molecular flexibility index (Phi) is 9.94. The van der Waals surface area contributed by atoms with Crippen LogP contribution >= 0.6 is 0 Å². The molecular weight excluding hydrogens is 388 g/mol. The molecule has 0 N–H and O–H groups in total. The van der Waals surface area contributed by atoms with Crippen LogP contribution in [0.4, 0.5) is 0 Å². The molecule has 162 valence electrons. The molecule has 0 bridgehead atoms. The third-order valence-corrected chi connectivity index (χ3v) is 3.81. The molecule has 2 rings (SSSR count). The summed E-state index contributed by atoms with van der Waals surface area (Å²) in [7, 11) is 4.05. The van der Waals surface area contributed by atoms with Crippen LogP contribution in [0.1, 0.15) is 43.4 Å². The molecule has 0 saturated carbocycles. The summed E-state index contributed by atoms with van der Waals surface area (Å²) in [6.45, 7) is 9.40. The zero-order valence-electron chi connectivity index (χ0n) is 18.6. The second kappa shape index (κ2) is 12.2. The molecule has 2 aromatic rings. The van der Waals surface area contributed by atoms with E-state index >= 15 is 0 Å². The highest BCUT2D eigenvalue weighted by atomic mass is 16.6. The van der Waals surface area contributed by atoms with Gasteiger partial charge in [-0.25, -0.2) is 9.78 Å². The number of esters is 1. The van der Waals surface area contributed by atoms with Gasteiger partial charge in [0, 0.05) is 11.3 Å². The minimum Gasteiger partial charge on any atom is -0.464 e. The first kappa shape index (κ1) is 24.5. The maximum atomic E-state index is 12.1. The number of methoxy groups -OCH3 is 1. The molecule has 30 heavy (non-hydrogen) atoms. The predicted molar refractivity (Wildman–Crippen MR) is 114 cm³/mol. The lowest BCUT2D eigenvalue weighted by Crippen LogP contribution is -2.18. The van der Waals surface area contributed by atoms with Gasteiger partial charge in [0.2, 0.25) is 5.88 Å². The summed E-state index contributed by atoms with van der Waals surface area (Å²) in [5.74, 6) is 0.396.